The smallest absolute Gasteiger partial charge is 0.231 e. The molecule has 29 heavy (non-hydrogen) atoms. The Labute approximate surface area is 167 Å². The van der Waals surface area contributed by atoms with Crippen LogP contribution in [-0.4, -0.2) is 50.0 Å². The number of fused-ring (bicyclic) bond motifs is 4. The molecule has 0 fully saturated rings. The summed E-state index contributed by atoms with van der Waals surface area (Å²) < 4.78 is 27.5. The summed E-state index contributed by atoms with van der Waals surface area (Å²) in [6.07, 6.45) is -1.53. The highest BCUT2D eigenvalue weighted by Gasteiger charge is 2.41. The topological polar surface area (TPSA) is 86.7 Å². The fraction of sp³-hybridized carbons (Fsp3) is 0.381. The molecule has 2 unspecified atom stereocenters. The van der Waals surface area contributed by atoms with Crippen LogP contribution in [0.1, 0.15) is 39.4 Å². The number of likely N-dealkylation sites (N-methyl/N-ethyl adjacent to an activating group) is 1. The van der Waals surface area contributed by atoms with Crippen molar-refractivity contribution in [3.05, 3.63) is 46.5 Å². The summed E-state index contributed by atoms with van der Waals surface area (Å²) in [4.78, 5) is 15.5. The second kappa shape index (κ2) is 6.91. The number of hydrogen-bond donors (Lipinski definition) is 1. The molecule has 3 heterocycles. The van der Waals surface area contributed by atoms with Gasteiger partial charge < -0.3 is 33.7 Å². The van der Waals surface area contributed by atoms with Crippen LogP contribution in [0.2, 0.25) is 0 Å². The number of nitrogens with zero attached hydrogens (tertiary/aromatic N) is 1. The molecule has 0 spiro atoms. The lowest BCUT2D eigenvalue weighted by Gasteiger charge is -2.16. The van der Waals surface area contributed by atoms with Crippen molar-refractivity contribution in [2.24, 2.45) is 0 Å². The quantitative estimate of drug-likeness (QED) is 0.766. The average molecular weight is 399 g/mol. The molecule has 3 aliphatic heterocycles. The molecule has 3 aliphatic rings. The first kappa shape index (κ1) is 18.2. The molecular weight excluding hydrogens is 378 g/mol. The van der Waals surface area contributed by atoms with E-state index in [1.54, 1.807) is 18.2 Å². The zero-order valence-electron chi connectivity index (χ0n) is 16.1. The summed E-state index contributed by atoms with van der Waals surface area (Å²) in [5.41, 5.74) is 2.39. The van der Waals surface area contributed by atoms with Crippen LogP contribution in [0.25, 0.3) is 0 Å². The number of rotatable bonds is 5. The summed E-state index contributed by atoms with van der Waals surface area (Å²) >= 11 is 0. The normalized spacial score (nSPS) is 21.0. The van der Waals surface area contributed by atoms with Gasteiger partial charge in [0.1, 0.15) is 6.10 Å². The van der Waals surface area contributed by atoms with Crippen molar-refractivity contribution >= 4 is 5.78 Å². The standard InChI is InChI=1S/C21H21NO7/c1-22(2)6-5-11-7-15-16(27-9-26-15)8-13(11)18(23)19-12-3-4-14-20(28-10-25-14)17(12)21(24)29-19/h3-4,7-8,19,21,24H,5-6,9-10H2,1-2H3. The van der Waals surface area contributed by atoms with Crippen LogP contribution in [0, 0.1) is 0 Å². The first-order valence-electron chi connectivity index (χ1n) is 9.40. The minimum absolute atomic E-state index is 0.0773. The highest BCUT2D eigenvalue weighted by atomic mass is 16.7. The number of Topliss-reactive ketones (excluding diaryl/α,β-unsaturated/α-hetero) is 1. The van der Waals surface area contributed by atoms with Crippen molar-refractivity contribution in [1.29, 1.82) is 0 Å². The van der Waals surface area contributed by atoms with Crippen molar-refractivity contribution in [2.45, 2.75) is 18.8 Å². The fourth-order valence-electron chi connectivity index (χ4n) is 3.87. The first-order chi connectivity index (χ1) is 14.0. The van der Waals surface area contributed by atoms with E-state index < -0.39 is 12.4 Å². The number of hydrogen-bond acceptors (Lipinski definition) is 8. The predicted molar refractivity (Wildman–Crippen MR) is 101 cm³/mol. The van der Waals surface area contributed by atoms with Gasteiger partial charge in [-0.05, 0) is 44.3 Å². The van der Waals surface area contributed by atoms with E-state index in [9.17, 15) is 9.90 Å². The van der Waals surface area contributed by atoms with Crippen LogP contribution in [0.4, 0.5) is 0 Å². The Kier molecular flexibility index (Phi) is 4.34. The maximum Gasteiger partial charge on any atom is 0.231 e. The summed E-state index contributed by atoms with van der Waals surface area (Å²) in [7, 11) is 3.95. The molecule has 2 atom stereocenters. The third kappa shape index (κ3) is 3.00. The highest BCUT2D eigenvalue weighted by molar-refractivity contribution is 6.02. The maximum absolute atomic E-state index is 13.5. The monoisotopic (exact) mass is 399 g/mol. The summed E-state index contributed by atoms with van der Waals surface area (Å²) in [5, 5.41) is 10.5. The van der Waals surface area contributed by atoms with E-state index in [1.165, 1.54) is 0 Å². The van der Waals surface area contributed by atoms with E-state index in [4.69, 9.17) is 23.7 Å². The van der Waals surface area contributed by atoms with E-state index in [2.05, 4.69) is 0 Å². The van der Waals surface area contributed by atoms with E-state index in [0.717, 1.165) is 12.1 Å². The van der Waals surface area contributed by atoms with Crippen LogP contribution >= 0.6 is 0 Å². The Morgan fingerprint density at radius 2 is 1.79 bits per heavy atom. The van der Waals surface area contributed by atoms with Gasteiger partial charge in [-0.1, -0.05) is 6.07 Å². The van der Waals surface area contributed by atoms with Crippen LogP contribution in [0.15, 0.2) is 24.3 Å². The molecule has 0 saturated heterocycles. The third-order valence-electron chi connectivity index (χ3n) is 5.34. The number of ketones is 1. The van der Waals surface area contributed by atoms with Crippen molar-refractivity contribution in [3.63, 3.8) is 0 Å². The molecule has 8 nitrogen and oxygen atoms in total. The molecule has 1 N–H and O–H groups in total. The molecule has 2 aromatic carbocycles. The lowest BCUT2D eigenvalue weighted by atomic mass is 9.93. The van der Waals surface area contributed by atoms with Gasteiger partial charge in [0.2, 0.25) is 13.6 Å². The van der Waals surface area contributed by atoms with Crippen molar-refractivity contribution in [3.8, 4) is 23.0 Å². The molecule has 0 aromatic heterocycles. The maximum atomic E-state index is 13.5. The third-order valence-corrected chi connectivity index (χ3v) is 5.34. The largest absolute Gasteiger partial charge is 0.454 e. The number of aliphatic hydroxyl groups is 1. The molecular formula is C21H21NO7. The van der Waals surface area contributed by atoms with Gasteiger partial charge in [-0.3, -0.25) is 4.79 Å². The van der Waals surface area contributed by atoms with Crippen molar-refractivity contribution in [1.82, 2.24) is 4.90 Å². The molecule has 0 aliphatic carbocycles. The fourth-order valence-corrected chi connectivity index (χ4v) is 3.87. The second-order valence-electron chi connectivity index (χ2n) is 7.45. The van der Waals surface area contributed by atoms with Gasteiger partial charge in [0.25, 0.3) is 0 Å². The summed E-state index contributed by atoms with van der Waals surface area (Å²) in [6, 6.07) is 7.03. The zero-order valence-corrected chi connectivity index (χ0v) is 16.1. The van der Waals surface area contributed by atoms with Gasteiger partial charge in [0, 0.05) is 17.7 Å². The molecule has 0 saturated carbocycles. The number of aliphatic hydroxyl groups excluding tert-OH is 1. The van der Waals surface area contributed by atoms with Gasteiger partial charge in [-0.2, -0.15) is 0 Å². The highest BCUT2D eigenvalue weighted by Crippen LogP contribution is 2.50. The predicted octanol–water partition coefficient (Wildman–Crippen LogP) is 2.19. The number of ether oxygens (including phenoxy) is 5. The van der Waals surface area contributed by atoms with Gasteiger partial charge in [0.05, 0.1) is 5.56 Å². The van der Waals surface area contributed by atoms with E-state index in [0.29, 0.717) is 46.1 Å². The number of carbonyl (C=O) groups is 1. The van der Waals surface area contributed by atoms with Crippen LogP contribution in [0.3, 0.4) is 0 Å². The number of benzene rings is 2. The minimum Gasteiger partial charge on any atom is -0.454 e. The SMILES string of the molecule is CN(C)CCc1cc2c(cc1C(=O)C1OC(O)c3c1ccc1c3OCO1)OCO2. The van der Waals surface area contributed by atoms with Crippen LogP contribution in [0.5, 0.6) is 23.0 Å². The minimum atomic E-state index is -1.25. The van der Waals surface area contributed by atoms with Gasteiger partial charge in [-0.25, -0.2) is 0 Å². The van der Waals surface area contributed by atoms with Crippen LogP contribution < -0.4 is 18.9 Å². The lowest BCUT2D eigenvalue weighted by molar-refractivity contribution is -0.109. The van der Waals surface area contributed by atoms with Crippen molar-refractivity contribution in [2.75, 3.05) is 34.2 Å². The Balaban J connectivity index is 1.54. The first-order valence-corrected chi connectivity index (χ1v) is 9.40. The molecule has 0 bridgehead atoms. The zero-order chi connectivity index (χ0) is 20.1. The molecule has 0 amide bonds. The van der Waals surface area contributed by atoms with Gasteiger partial charge in [0.15, 0.2) is 35.1 Å². The van der Waals surface area contributed by atoms with Gasteiger partial charge in [-0.15, -0.1) is 0 Å². The summed E-state index contributed by atoms with van der Waals surface area (Å²) in [6.45, 7) is 0.975. The Bertz CT molecular complexity index is 987. The van der Waals surface area contributed by atoms with E-state index >= 15 is 0 Å². The van der Waals surface area contributed by atoms with Crippen molar-refractivity contribution < 1.29 is 33.6 Å². The molecule has 8 heteroatoms. The molecule has 5 rings (SSSR count). The van der Waals surface area contributed by atoms with E-state index in [-0.39, 0.29) is 19.4 Å². The Morgan fingerprint density at radius 1 is 1.07 bits per heavy atom. The number of carbonyl (C=O) groups excluding carboxylic acids is 1. The van der Waals surface area contributed by atoms with E-state index in [1.807, 2.05) is 25.1 Å². The Hall–Kier alpha value is -2.81. The molecule has 0 radical (unpaired) electrons. The molecule has 152 valence electrons. The summed E-state index contributed by atoms with van der Waals surface area (Å²) in [5.74, 6) is 1.89. The van der Waals surface area contributed by atoms with Crippen LogP contribution in [-0.2, 0) is 11.2 Å². The Morgan fingerprint density at radius 3 is 2.59 bits per heavy atom. The van der Waals surface area contributed by atoms with Gasteiger partial charge >= 0.3 is 0 Å². The molecule has 2 aromatic rings. The lowest BCUT2D eigenvalue weighted by Crippen LogP contribution is -2.19. The average Bonchev–Trinajstić information content (AvgIpc) is 3.42. The second-order valence-corrected chi connectivity index (χ2v) is 7.45.